The van der Waals surface area contributed by atoms with Crippen molar-refractivity contribution in [3.8, 4) is 11.4 Å². The Labute approximate surface area is 167 Å². The monoisotopic (exact) mass is 429 g/mol. The van der Waals surface area contributed by atoms with Crippen LogP contribution in [0.4, 0.5) is 5.82 Å². The van der Waals surface area contributed by atoms with Gasteiger partial charge in [-0.15, -0.1) is 0 Å². The molecular formula is C20H24BrN5O. The average molecular weight is 430 g/mol. The number of aromatic nitrogens is 4. The van der Waals surface area contributed by atoms with Crippen molar-refractivity contribution in [1.82, 2.24) is 19.5 Å². The van der Waals surface area contributed by atoms with Gasteiger partial charge in [0.2, 0.25) is 0 Å². The summed E-state index contributed by atoms with van der Waals surface area (Å²) in [5, 5.41) is 0. The first-order valence-electron chi connectivity index (χ1n) is 9.50. The molecule has 3 aromatic heterocycles. The van der Waals surface area contributed by atoms with E-state index in [1.54, 1.807) is 6.20 Å². The quantitative estimate of drug-likeness (QED) is 0.547. The predicted octanol–water partition coefficient (Wildman–Crippen LogP) is 4.28. The molecule has 3 aromatic rings. The zero-order chi connectivity index (χ0) is 18.8. The molecule has 1 aliphatic rings. The molecule has 1 fully saturated rings. The number of pyridine rings is 2. The summed E-state index contributed by atoms with van der Waals surface area (Å²) < 4.78 is 8.60. The lowest BCUT2D eigenvalue weighted by molar-refractivity contribution is 0.140. The number of fused-ring (bicyclic) bond motifs is 1. The van der Waals surface area contributed by atoms with Gasteiger partial charge in [-0.05, 0) is 60.8 Å². The van der Waals surface area contributed by atoms with Gasteiger partial charge >= 0.3 is 0 Å². The molecule has 27 heavy (non-hydrogen) atoms. The first kappa shape index (κ1) is 18.4. The van der Waals surface area contributed by atoms with Crippen LogP contribution in [0, 0.1) is 0 Å². The zero-order valence-electron chi connectivity index (χ0n) is 15.7. The molecule has 0 saturated carbocycles. The summed E-state index contributed by atoms with van der Waals surface area (Å²) in [5.41, 5.74) is 2.73. The fraction of sp³-hybridized carbons (Fsp3) is 0.450. The molecule has 0 aromatic carbocycles. The molecule has 4 rings (SSSR count). The number of hydrogen-bond acceptors (Lipinski definition) is 5. The van der Waals surface area contributed by atoms with E-state index < -0.39 is 0 Å². The van der Waals surface area contributed by atoms with Crippen molar-refractivity contribution in [1.29, 1.82) is 0 Å². The van der Waals surface area contributed by atoms with Gasteiger partial charge in [0.25, 0.3) is 0 Å². The number of hydrogen-bond donors (Lipinski definition) is 0. The number of rotatable bonds is 6. The highest BCUT2D eigenvalue weighted by atomic mass is 79.9. The highest BCUT2D eigenvalue weighted by Crippen LogP contribution is 2.28. The Bertz CT molecular complexity index is 924. The number of imidazole rings is 1. The second-order valence-electron chi connectivity index (χ2n) is 6.87. The molecule has 1 saturated heterocycles. The smallest absolute Gasteiger partial charge is 0.160 e. The van der Waals surface area contributed by atoms with E-state index >= 15 is 0 Å². The summed E-state index contributed by atoms with van der Waals surface area (Å²) in [4.78, 5) is 16.5. The van der Waals surface area contributed by atoms with E-state index in [9.17, 15) is 0 Å². The van der Waals surface area contributed by atoms with E-state index in [0.29, 0.717) is 25.8 Å². The molecule has 6 nitrogen and oxygen atoms in total. The molecule has 4 heterocycles. The van der Waals surface area contributed by atoms with Crippen LogP contribution in [0.15, 0.2) is 35.1 Å². The van der Waals surface area contributed by atoms with Crippen LogP contribution in [0.3, 0.4) is 0 Å². The Hall–Kier alpha value is -1.99. The third-order valence-electron chi connectivity index (χ3n) is 5.07. The maximum atomic E-state index is 5.56. The molecule has 142 valence electrons. The number of halogens is 1. The highest BCUT2D eigenvalue weighted by Gasteiger charge is 2.22. The van der Waals surface area contributed by atoms with Crippen molar-refractivity contribution in [3.63, 3.8) is 0 Å². The molecule has 7 heteroatoms. The average Bonchev–Trinajstić information content (AvgIpc) is 3.25. The van der Waals surface area contributed by atoms with Gasteiger partial charge in [0, 0.05) is 48.2 Å². The Morgan fingerprint density at radius 3 is 2.85 bits per heavy atom. The second-order valence-corrected chi connectivity index (χ2v) is 7.79. The molecule has 0 bridgehead atoms. The standard InChI is InChI=1S/C20H24BrN5O/c1-3-27-10-9-26-19(24-17-11-16(21)13-23-20(17)26)15-6-7-18(22-12-15)25-8-4-5-14(25)2/h6-7,11-14H,3-5,8-10H2,1-2H3. The molecule has 1 atom stereocenters. The van der Waals surface area contributed by atoms with E-state index in [1.165, 1.54) is 12.8 Å². The van der Waals surface area contributed by atoms with E-state index in [2.05, 4.69) is 49.4 Å². The lowest BCUT2D eigenvalue weighted by Crippen LogP contribution is -2.26. The van der Waals surface area contributed by atoms with Crippen LogP contribution in [-0.2, 0) is 11.3 Å². The molecule has 0 radical (unpaired) electrons. The SMILES string of the molecule is CCOCCn1c(-c2ccc(N3CCCC3C)nc2)nc2cc(Br)cnc21. The molecular weight excluding hydrogens is 406 g/mol. The van der Waals surface area contributed by atoms with Crippen molar-refractivity contribution in [2.45, 2.75) is 39.3 Å². The Morgan fingerprint density at radius 2 is 2.15 bits per heavy atom. The molecule has 1 unspecified atom stereocenters. The van der Waals surface area contributed by atoms with Crippen LogP contribution in [0.25, 0.3) is 22.6 Å². The minimum absolute atomic E-state index is 0.556. The third-order valence-corrected chi connectivity index (χ3v) is 5.50. The van der Waals surface area contributed by atoms with Gasteiger partial charge in [-0.1, -0.05) is 0 Å². The molecule has 0 amide bonds. The van der Waals surface area contributed by atoms with Crippen LogP contribution in [-0.4, -0.2) is 45.3 Å². The minimum atomic E-state index is 0.556. The zero-order valence-corrected chi connectivity index (χ0v) is 17.3. The van der Waals surface area contributed by atoms with Crippen LogP contribution in [0.2, 0.25) is 0 Å². The summed E-state index contributed by atoms with van der Waals surface area (Å²) >= 11 is 3.48. The molecule has 1 aliphatic heterocycles. The normalized spacial score (nSPS) is 17.1. The molecule has 0 spiro atoms. The fourth-order valence-corrected chi connectivity index (χ4v) is 4.00. The fourth-order valence-electron chi connectivity index (χ4n) is 3.68. The van der Waals surface area contributed by atoms with Gasteiger partial charge in [0.1, 0.15) is 17.2 Å². The van der Waals surface area contributed by atoms with Gasteiger partial charge < -0.3 is 14.2 Å². The van der Waals surface area contributed by atoms with E-state index in [1.807, 2.05) is 19.2 Å². The first-order valence-corrected chi connectivity index (χ1v) is 10.3. The van der Waals surface area contributed by atoms with Crippen LogP contribution >= 0.6 is 15.9 Å². The number of anilines is 1. The van der Waals surface area contributed by atoms with Gasteiger partial charge in [-0.3, -0.25) is 0 Å². The lowest BCUT2D eigenvalue weighted by atomic mass is 10.2. The number of ether oxygens (including phenoxy) is 1. The Balaban J connectivity index is 1.70. The summed E-state index contributed by atoms with van der Waals surface area (Å²) in [5.74, 6) is 1.92. The van der Waals surface area contributed by atoms with Crippen LogP contribution < -0.4 is 4.90 Å². The maximum absolute atomic E-state index is 5.56. The Kier molecular flexibility index (Phi) is 5.41. The van der Waals surface area contributed by atoms with Gasteiger partial charge in [0.05, 0.1) is 6.61 Å². The lowest BCUT2D eigenvalue weighted by Gasteiger charge is -2.22. The van der Waals surface area contributed by atoms with Crippen molar-refractivity contribution < 1.29 is 4.74 Å². The molecule has 0 aliphatic carbocycles. The van der Waals surface area contributed by atoms with Crippen molar-refractivity contribution in [2.75, 3.05) is 24.7 Å². The number of nitrogens with zero attached hydrogens (tertiary/aromatic N) is 5. The van der Waals surface area contributed by atoms with E-state index in [-0.39, 0.29) is 0 Å². The van der Waals surface area contributed by atoms with E-state index in [4.69, 9.17) is 14.7 Å². The van der Waals surface area contributed by atoms with Crippen molar-refractivity contribution in [3.05, 3.63) is 35.1 Å². The first-order chi connectivity index (χ1) is 13.2. The highest BCUT2D eigenvalue weighted by molar-refractivity contribution is 9.10. The largest absolute Gasteiger partial charge is 0.380 e. The summed E-state index contributed by atoms with van der Waals surface area (Å²) in [6.45, 7) is 7.38. The third kappa shape index (κ3) is 3.71. The van der Waals surface area contributed by atoms with Crippen molar-refractivity contribution >= 4 is 32.9 Å². The van der Waals surface area contributed by atoms with Gasteiger partial charge in [0.15, 0.2) is 5.65 Å². The predicted molar refractivity (Wildman–Crippen MR) is 111 cm³/mol. The summed E-state index contributed by atoms with van der Waals surface area (Å²) in [6.07, 6.45) is 6.20. The molecule has 0 N–H and O–H groups in total. The second kappa shape index (κ2) is 7.94. The maximum Gasteiger partial charge on any atom is 0.160 e. The van der Waals surface area contributed by atoms with Crippen LogP contribution in [0.5, 0.6) is 0 Å². The van der Waals surface area contributed by atoms with Gasteiger partial charge in [-0.2, -0.15) is 0 Å². The topological polar surface area (TPSA) is 56.1 Å². The summed E-state index contributed by atoms with van der Waals surface area (Å²) in [7, 11) is 0. The van der Waals surface area contributed by atoms with Crippen molar-refractivity contribution in [2.24, 2.45) is 0 Å². The Morgan fingerprint density at radius 1 is 1.26 bits per heavy atom. The summed E-state index contributed by atoms with van der Waals surface area (Å²) in [6, 6.07) is 6.77. The van der Waals surface area contributed by atoms with Crippen LogP contribution in [0.1, 0.15) is 26.7 Å². The minimum Gasteiger partial charge on any atom is -0.380 e. The van der Waals surface area contributed by atoms with E-state index in [0.717, 1.165) is 39.4 Å². The van der Waals surface area contributed by atoms with Gasteiger partial charge in [-0.25, -0.2) is 15.0 Å².